The highest BCUT2D eigenvalue weighted by Crippen LogP contribution is 2.35. The van der Waals surface area contributed by atoms with Crippen LogP contribution in [0.5, 0.6) is 0 Å². The summed E-state index contributed by atoms with van der Waals surface area (Å²) >= 11 is 0. The van der Waals surface area contributed by atoms with Gasteiger partial charge < -0.3 is 9.80 Å². The molecule has 1 amide bonds. The molecule has 0 bridgehead atoms. The average molecular weight is 270 g/mol. The molecule has 1 aromatic rings. The molecule has 3 aliphatic rings. The molecule has 0 radical (unpaired) electrons. The zero-order valence-electron chi connectivity index (χ0n) is 11.4. The molecule has 1 aromatic carbocycles. The first-order chi connectivity index (χ1) is 9.81. The summed E-state index contributed by atoms with van der Waals surface area (Å²) in [4.78, 5) is 20.6. The molecule has 2 saturated heterocycles. The van der Waals surface area contributed by atoms with Gasteiger partial charge in [-0.25, -0.2) is 4.99 Å². The van der Waals surface area contributed by atoms with Crippen LogP contribution in [-0.4, -0.2) is 36.4 Å². The minimum absolute atomic E-state index is 0.0380. The van der Waals surface area contributed by atoms with E-state index in [1.54, 1.807) is 0 Å². The zero-order chi connectivity index (χ0) is 13.5. The molecule has 2 fully saturated rings. The summed E-state index contributed by atoms with van der Waals surface area (Å²) in [6.07, 6.45) is 3.86. The second-order valence-corrected chi connectivity index (χ2v) is 5.66. The van der Waals surface area contributed by atoms with Gasteiger partial charge >= 0.3 is 0 Å². The largest absolute Gasteiger partial charge is 0.371 e. The Kier molecular flexibility index (Phi) is 2.65. The molecule has 104 valence electrons. The SMILES string of the molecule is O=C1CN2Cc3c(cccc3N3CCCCC3)N=C2N1. The maximum absolute atomic E-state index is 11.5. The van der Waals surface area contributed by atoms with E-state index in [1.165, 1.54) is 30.5 Å². The van der Waals surface area contributed by atoms with Crippen LogP contribution in [0.4, 0.5) is 11.4 Å². The number of hydrogen-bond acceptors (Lipinski definition) is 4. The number of hydrogen-bond donors (Lipinski definition) is 1. The third kappa shape index (κ3) is 1.85. The van der Waals surface area contributed by atoms with E-state index < -0.39 is 0 Å². The van der Waals surface area contributed by atoms with Crippen LogP contribution in [0.3, 0.4) is 0 Å². The Hall–Kier alpha value is -2.04. The molecule has 5 heteroatoms. The van der Waals surface area contributed by atoms with E-state index in [0.29, 0.717) is 12.5 Å². The highest BCUT2D eigenvalue weighted by Gasteiger charge is 2.30. The van der Waals surface area contributed by atoms with Crippen molar-refractivity contribution in [3.05, 3.63) is 23.8 Å². The number of nitrogens with zero attached hydrogens (tertiary/aromatic N) is 3. The highest BCUT2D eigenvalue weighted by molar-refractivity contribution is 6.06. The van der Waals surface area contributed by atoms with Gasteiger partial charge in [-0.05, 0) is 31.4 Å². The summed E-state index contributed by atoms with van der Waals surface area (Å²) < 4.78 is 0. The van der Waals surface area contributed by atoms with Crippen LogP contribution in [0.25, 0.3) is 0 Å². The first-order valence-corrected chi connectivity index (χ1v) is 7.31. The Labute approximate surface area is 118 Å². The summed E-state index contributed by atoms with van der Waals surface area (Å²) in [6.45, 7) is 3.46. The molecular formula is C15H18N4O. The predicted molar refractivity (Wildman–Crippen MR) is 78.2 cm³/mol. The second kappa shape index (κ2) is 4.51. The molecule has 20 heavy (non-hydrogen) atoms. The van der Waals surface area contributed by atoms with E-state index in [0.717, 1.165) is 25.3 Å². The van der Waals surface area contributed by atoms with Crippen LogP contribution >= 0.6 is 0 Å². The molecule has 0 atom stereocenters. The Balaban J connectivity index is 1.72. The van der Waals surface area contributed by atoms with E-state index in [9.17, 15) is 4.79 Å². The minimum Gasteiger partial charge on any atom is -0.371 e. The van der Waals surface area contributed by atoms with Crippen molar-refractivity contribution >= 4 is 23.2 Å². The van der Waals surface area contributed by atoms with E-state index in [1.807, 2.05) is 11.0 Å². The summed E-state index contributed by atoms with van der Waals surface area (Å²) in [5.74, 6) is 0.745. The van der Waals surface area contributed by atoms with E-state index in [4.69, 9.17) is 0 Å². The highest BCUT2D eigenvalue weighted by atomic mass is 16.2. The first-order valence-electron chi connectivity index (χ1n) is 7.31. The van der Waals surface area contributed by atoms with Gasteiger partial charge in [-0.2, -0.15) is 0 Å². The van der Waals surface area contributed by atoms with Crippen LogP contribution < -0.4 is 10.2 Å². The van der Waals surface area contributed by atoms with Gasteiger partial charge in [-0.15, -0.1) is 0 Å². The normalized spacial score (nSPS) is 21.2. The predicted octanol–water partition coefficient (Wildman–Crippen LogP) is 1.61. The molecule has 0 spiro atoms. The molecule has 0 saturated carbocycles. The van der Waals surface area contributed by atoms with Crippen molar-refractivity contribution in [1.29, 1.82) is 0 Å². The molecule has 0 aliphatic carbocycles. The van der Waals surface area contributed by atoms with Gasteiger partial charge in [0, 0.05) is 24.3 Å². The fourth-order valence-electron chi connectivity index (χ4n) is 3.29. The number of piperidine rings is 1. The lowest BCUT2D eigenvalue weighted by Gasteiger charge is -2.33. The van der Waals surface area contributed by atoms with Crippen LogP contribution in [0.1, 0.15) is 24.8 Å². The fraction of sp³-hybridized carbons (Fsp3) is 0.467. The lowest BCUT2D eigenvalue weighted by molar-refractivity contribution is -0.118. The Morgan fingerprint density at radius 2 is 1.90 bits per heavy atom. The van der Waals surface area contributed by atoms with Gasteiger partial charge in [0.1, 0.15) is 6.54 Å². The van der Waals surface area contributed by atoms with Crippen molar-refractivity contribution in [3.8, 4) is 0 Å². The number of amides is 1. The van der Waals surface area contributed by atoms with E-state index >= 15 is 0 Å². The molecule has 1 N–H and O–H groups in total. The van der Waals surface area contributed by atoms with Gasteiger partial charge in [-0.1, -0.05) is 6.07 Å². The zero-order valence-corrected chi connectivity index (χ0v) is 11.4. The topological polar surface area (TPSA) is 47.9 Å². The molecular weight excluding hydrogens is 252 g/mol. The number of fused-ring (bicyclic) bond motifs is 2. The number of nitrogens with one attached hydrogen (secondary N) is 1. The van der Waals surface area contributed by atoms with Crippen molar-refractivity contribution in [1.82, 2.24) is 10.2 Å². The summed E-state index contributed by atoms with van der Waals surface area (Å²) in [5.41, 5.74) is 3.56. The minimum atomic E-state index is 0.0380. The van der Waals surface area contributed by atoms with Crippen molar-refractivity contribution in [2.24, 2.45) is 4.99 Å². The van der Waals surface area contributed by atoms with Gasteiger partial charge in [0.25, 0.3) is 0 Å². The quantitative estimate of drug-likeness (QED) is 0.843. The lowest BCUT2D eigenvalue weighted by atomic mass is 10.0. The maximum atomic E-state index is 11.5. The number of anilines is 1. The number of carbonyl (C=O) groups excluding carboxylic acids is 1. The first kappa shape index (κ1) is 11.8. The summed E-state index contributed by atoms with van der Waals surface area (Å²) in [6, 6.07) is 6.30. The third-order valence-electron chi connectivity index (χ3n) is 4.28. The second-order valence-electron chi connectivity index (χ2n) is 5.66. The summed E-state index contributed by atoms with van der Waals surface area (Å²) in [7, 11) is 0. The van der Waals surface area contributed by atoms with Crippen molar-refractivity contribution in [2.75, 3.05) is 24.5 Å². The average Bonchev–Trinajstić information content (AvgIpc) is 2.84. The van der Waals surface area contributed by atoms with Crippen LogP contribution in [0.15, 0.2) is 23.2 Å². The van der Waals surface area contributed by atoms with Crippen LogP contribution in [0, 0.1) is 0 Å². The smallest absolute Gasteiger partial charge is 0.246 e. The monoisotopic (exact) mass is 270 g/mol. The maximum Gasteiger partial charge on any atom is 0.246 e. The number of benzene rings is 1. The summed E-state index contributed by atoms with van der Waals surface area (Å²) in [5, 5.41) is 2.82. The van der Waals surface area contributed by atoms with Crippen LogP contribution in [-0.2, 0) is 11.3 Å². The fourth-order valence-corrected chi connectivity index (χ4v) is 3.29. The van der Waals surface area contributed by atoms with E-state index in [2.05, 4.69) is 27.3 Å². The number of carbonyl (C=O) groups is 1. The molecule has 5 nitrogen and oxygen atoms in total. The Bertz CT molecular complexity index is 590. The number of rotatable bonds is 1. The van der Waals surface area contributed by atoms with Crippen LogP contribution in [0.2, 0.25) is 0 Å². The number of aliphatic imine (C=N–C) groups is 1. The van der Waals surface area contributed by atoms with Gasteiger partial charge in [0.15, 0.2) is 0 Å². The lowest BCUT2D eigenvalue weighted by Crippen LogP contribution is -2.35. The third-order valence-corrected chi connectivity index (χ3v) is 4.28. The van der Waals surface area contributed by atoms with Crippen molar-refractivity contribution in [2.45, 2.75) is 25.8 Å². The van der Waals surface area contributed by atoms with E-state index in [-0.39, 0.29) is 5.91 Å². The standard InChI is InChI=1S/C15H18N4O/c20-14-10-19-9-11-12(16-15(19)17-14)5-4-6-13(11)18-7-2-1-3-8-18/h4-6H,1-3,7-10H2,(H,16,17,20). The molecule has 3 aliphatic heterocycles. The molecule has 4 rings (SSSR count). The van der Waals surface area contributed by atoms with Crippen molar-refractivity contribution < 1.29 is 4.79 Å². The number of guanidine groups is 1. The van der Waals surface area contributed by atoms with Gasteiger partial charge in [0.05, 0.1) is 12.2 Å². The van der Waals surface area contributed by atoms with Crippen molar-refractivity contribution in [3.63, 3.8) is 0 Å². The molecule has 0 unspecified atom stereocenters. The Morgan fingerprint density at radius 3 is 2.75 bits per heavy atom. The molecule has 3 heterocycles. The molecule has 0 aromatic heterocycles. The van der Waals surface area contributed by atoms with Gasteiger partial charge in [0.2, 0.25) is 11.9 Å². The Morgan fingerprint density at radius 1 is 1.05 bits per heavy atom. The van der Waals surface area contributed by atoms with Gasteiger partial charge in [-0.3, -0.25) is 10.1 Å².